The van der Waals surface area contributed by atoms with Gasteiger partial charge in [0.05, 0.1) is 0 Å². The van der Waals surface area contributed by atoms with E-state index in [0.717, 1.165) is 55.3 Å². The van der Waals surface area contributed by atoms with Crippen LogP contribution in [-0.2, 0) is 0 Å². The van der Waals surface area contributed by atoms with E-state index >= 15 is 0 Å². The van der Waals surface area contributed by atoms with E-state index in [0.29, 0.717) is 17.5 Å². The van der Waals surface area contributed by atoms with Crippen molar-refractivity contribution >= 4 is 27.5 Å². The molecule has 50 heavy (non-hydrogen) atoms. The van der Waals surface area contributed by atoms with Crippen LogP contribution in [0.2, 0.25) is 0 Å². The maximum absolute atomic E-state index is 6.57. The predicted octanol–water partition coefficient (Wildman–Crippen LogP) is 12.3. The van der Waals surface area contributed by atoms with Crippen LogP contribution in [0.5, 0.6) is 0 Å². The fourth-order valence-corrected chi connectivity index (χ4v) is 6.53. The van der Waals surface area contributed by atoms with E-state index in [1.807, 2.05) is 73.7 Å². The van der Waals surface area contributed by atoms with Crippen LogP contribution in [0.15, 0.2) is 181 Å². The molecule has 0 spiro atoms. The molecule has 0 saturated carbocycles. The quantitative estimate of drug-likeness (QED) is 0.155. The molecule has 0 saturated heterocycles. The van der Waals surface area contributed by atoms with E-state index in [9.17, 15) is 0 Å². The van der Waals surface area contributed by atoms with Gasteiger partial charge in [-0.25, -0.2) is 15.0 Å². The highest BCUT2D eigenvalue weighted by Gasteiger charge is 2.21. The molecule has 0 bridgehead atoms. The summed E-state index contributed by atoms with van der Waals surface area (Å²) in [5, 5.41) is 1.96. The molecule has 8 rings (SSSR count). The third-order valence-electron chi connectivity index (χ3n) is 8.86. The number of para-hydroxylation sites is 1. The lowest BCUT2D eigenvalue weighted by atomic mass is 9.94. The van der Waals surface area contributed by atoms with Crippen molar-refractivity contribution in [1.82, 2.24) is 15.0 Å². The molecular formula is C46H33N3O. The van der Waals surface area contributed by atoms with Crippen molar-refractivity contribution in [2.45, 2.75) is 6.92 Å². The molecule has 238 valence electrons. The van der Waals surface area contributed by atoms with Crippen molar-refractivity contribution in [3.8, 4) is 56.4 Å². The van der Waals surface area contributed by atoms with E-state index in [4.69, 9.17) is 19.4 Å². The first-order valence-corrected chi connectivity index (χ1v) is 16.7. The van der Waals surface area contributed by atoms with Crippen LogP contribution in [-0.4, -0.2) is 15.0 Å². The van der Waals surface area contributed by atoms with E-state index in [1.54, 1.807) is 6.08 Å². The Kier molecular flexibility index (Phi) is 8.26. The van der Waals surface area contributed by atoms with Crippen LogP contribution in [0.1, 0.15) is 12.5 Å². The smallest absolute Gasteiger partial charge is 0.164 e. The summed E-state index contributed by atoms with van der Waals surface area (Å²) in [5.74, 6) is 1.79. The minimum Gasteiger partial charge on any atom is -0.455 e. The highest BCUT2D eigenvalue weighted by molar-refractivity contribution is 6.15. The second kappa shape index (κ2) is 13.5. The van der Waals surface area contributed by atoms with Gasteiger partial charge in [-0.3, -0.25) is 0 Å². The lowest BCUT2D eigenvalue weighted by molar-refractivity contribution is 0.668. The van der Waals surface area contributed by atoms with Gasteiger partial charge < -0.3 is 4.42 Å². The van der Waals surface area contributed by atoms with Crippen LogP contribution in [0.4, 0.5) is 0 Å². The Bertz CT molecular complexity index is 2540. The molecule has 0 radical (unpaired) electrons. The maximum Gasteiger partial charge on any atom is 0.164 e. The standard InChI is InChI=1S/C46H33N3O/c1-3-15-31(16-4-2)38-29-30-40(42-39-23-13-14-24-41(39)50-43(38)42)46-48-44(34-19-9-6-10-20-34)47-45(49-46)35-27-25-33(26-28-35)37-22-12-11-21-36(37)32-17-7-5-8-18-32/h3-30H,1H2,2H3/b16-4-,31-15+. The number of nitrogens with zero attached hydrogens (tertiary/aromatic N) is 3. The molecule has 0 fully saturated rings. The van der Waals surface area contributed by atoms with Gasteiger partial charge in [0.15, 0.2) is 17.5 Å². The molecule has 0 aliphatic heterocycles. The summed E-state index contributed by atoms with van der Waals surface area (Å²) in [6.07, 6.45) is 7.89. The molecule has 0 N–H and O–H groups in total. The van der Waals surface area contributed by atoms with Crippen molar-refractivity contribution in [3.63, 3.8) is 0 Å². The first-order chi connectivity index (χ1) is 24.7. The SMILES string of the molecule is C=C/C=C(\C=C/C)c1ccc(-c2nc(-c3ccccc3)nc(-c3ccc(-c4ccccc4-c4ccccc4)cc3)n2)c2c1oc1ccccc12. The van der Waals surface area contributed by atoms with Gasteiger partial charge in [-0.05, 0) is 52.9 Å². The second-order valence-electron chi connectivity index (χ2n) is 12.0. The van der Waals surface area contributed by atoms with E-state index in [-0.39, 0.29) is 0 Å². The minimum absolute atomic E-state index is 0.579. The van der Waals surface area contributed by atoms with E-state index in [2.05, 4.69) is 104 Å². The fraction of sp³-hybridized carbons (Fsp3) is 0.0217. The number of allylic oxidation sites excluding steroid dienone is 5. The topological polar surface area (TPSA) is 51.8 Å². The fourth-order valence-electron chi connectivity index (χ4n) is 6.53. The van der Waals surface area contributed by atoms with Crippen LogP contribution < -0.4 is 0 Å². The zero-order valence-electron chi connectivity index (χ0n) is 27.6. The Labute approximate surface area is 291 Å². The van der Waals surface area contributed by atoms with Crippen LogP contribution in [0.25, 0.3) is 83.9 Å². The first-order valence-electron chi connectivity index (χ1n) is 16.7. The normalized spacial score (nSPS) is 11.8. The van der Waals surface area contributed by atoms with E-state index in [1.165, 1.54) is 16.7 Å². The summed E-state index contributed by atoms with van der Waals surface area (Å²) in [6, 6.07) is 49.8. The van der Waals surface area contributed by atoms with Gasteiger partial charge in [-0.15, -0.1) is 0 Å². The van der Waals surface area contributed by atoms with Crippen LogP contribution in [0, 0.1) is 0 Å². The summed E-state index contributed by atoms with van der Waals surface area (Å²) < 4.78 is 6.57. The Morgan fingerprint density at radius 3 is 1.74 bits per heavy atom. The van der Waals surface area contributed by atoms with Gasteiger partial charge in [-0.1, -0.05) is 158 Å². The summed E-state index contributed by atoms with van der Waals surface area (Å²) >= 11 is 0. The van der Waals surface area contributed by atoms with Gasteiger partial charge in [0.1, 0.15) is 11.2 Å². The Morgan fingerprint density at radius 2 is 1.08 bits per heavy atom. The summed E-state index contributed by atoms with van der Waals surface area (Å²) in [5.41, 5.74) is 10.9. The molecule has 0 atom stereocenters. The molecular weight excluding hydrogens is 611 g/mol. The molecule has 4 heteroatoms. The first kappa shape index (κ1) is 30.7. The van der Waals surface area contributed by atoms with E-state index < -0.39 is 0 Å². The summed E-state index contributed by atoms with van der Waals surface area (Å²) in [6.45, 7) is 5.95. The number of hydrogen-bond donors (Lipinski definition) is 0. The maximum atomic E-state index is 6.57. The molecule has 0 amide bonds. The number of aromatic nitrogens is 3. The zero-order chi connectivity index (χ0) is 33.9. The van der Waals surface area contributed by atoms with Crippen molar-refractivity contribution in [2.75, 3.05) is 0 Å². The molecule has 8 aromatic rings. The van der Waals surface area contributed by atoms with Crippen molar-refractivity contribution in [2.24, 2.45) is 0 Å². The number of hydrogen-bond acceptors (Lipinski definition) is 4. The lowest BCUT2D eigenvalue weighted by Crippen LogP contribution is -2.00. The Hall–Kier alpha value is -6.65. The summed E-state index contributed by atoms with van der Waals surface area (Å²) in [7, 11) is 0. The molecule has 2 heterocycles. The Balaban J connectivity index is 1.30. The number of rotatable bonds is 8. The minimum atomic E-state index is 0.579. The second-order valence-corrected chi connectivity index (χ2v) is 12.0. The molecule has 2 aromatic heterocycles. The third-order valence-corrected chi connectivity index (χ3v) is 8.86. The molecule has 0 aliphatic rings. The van der Waals surface area contributed by atoms with Crippen molar-refractivity contribution in [1.29, 1.82) is 0 Å². The van der Waals surface area contributed by atoms with Crippen LogP contribution >= 0.6 is 0 Å². The molecule has 6 aromatic carbocycles. The molecule has 0 aliphatic carbocycles. The average Bonchev–Trinajstić information content (AvgIpc) is 3.58. The predicted molar refractivity (Wildman–Crippen MR) is 207 cm³/mol. The third kappa shape index (κ3) is 5.73. The number of benzene rings is 6. The lowest BCUT2D eigenvalue weighted by Gasteiger charge is -2.12. The molecule has 0 unspecified atom stereocenters. The monoisotopic (exact) mass is 643 g/mol. The largest absolute Gasteiger partial charge is 0.455 e. The number of furan rings is 1. The highest BCUT2D eigenvalue weighted by atomic mass is 16.3. The van der Waals surface area contributed by atoms with Crippen molar-refractivity contribution < 1.29 is 4.42 Å². The Morgan fingerprint density at radius 1 is 0.540 bits per heavy atom. The van der Waals surface area contributed by atoms with Gasteiger partial charge >= 0.3 is 0 Å². The average molecular weight is 644 g/mol. The van der Waals surface area contributed by atoms with Gasteiger partial charge in [0, 0.05) is 33.0 Å². The van der Waals surface area contributed by atoms with Crippen molar-refractivity contribution in [3.05, 3.63) is 182 Å². The zero-order valence-corrected chi connectivity index (χ0v) is 27.6. The van der Waals surface area contributed by atoms with Crippen LogP contribution in [0.3, 0.4) is 0 Å². The highest BCUT2D eigenvalue weighted by Crippen LogP contribution is 2.41. The van der Waals surface area contributed by atoms with Gasteiger partial charge in [0.25, 0.3) is 0 Å². The molecule has 4 nitrogen and oxygen atoms in total. The number of fused-ring (bicyclic) bond motifs is 3. The van der Waals surface area contributed by atoms with Gasteiger partial charge in [-0.2, -0.15) is 0 Å². The van der Waals surface area contributed by atoms with Gasteiger partial charge in [0.2, 0.25) is 0 Å². The summed E-state index contributed by atoms with van der Waals surface area (Å²) in [4.78, 5) is 15.2.